The maximum Gasteiger partial charge on any atom is 0.255 e. The van der Waals surface area contributed by atoms with Gasteiger partial charge in [0.2, 0.25) is 0 Å². The zero-order chi connectivity index (χ0) is 21.3. The number of benzene rings is 1. The molecule has 11 heteroatoms. The maximum atomic E-state index is 10.9. The first-order chi connectivity index (χ1) is 14.6. The van der Waals surface area contributed by atoms with E-state index in [9.17, 15) is 4.79 Å². The van der Waals surface area contributed by atoms with Crippen molar-refractivity contribution in [3.05, 3.63) is 41.5 Å². The quantitative estimate of drug-likeness (QED) is 0.244. The van der Waals surface area contributed by atoms with Gasteiger partial charge in [-0.25, -0.2) is 14.7 Å². The fourth-order valence-corrected chi connectivity index (χ4v) is 3.24. The van der Waals surface area contributed by atoms with Crippen molar-refractivity contribution in [2.24, 2.45) is 10.7 Å². The van der Waals surface area contributed by atoms with Crippen LogP contribution in [-0.2, 0) is 35.6 Å². The first-order valence-corrected chi connectivity index (χ1v) is 10.0. The van der Waals surface area contributed by atoms with Gasteiger partial charge in [0.15, 0.2) is 18.4 Å². The Hall–Kier alpha value is -2.41. The number of nitrogens with zero attached hydrogens (tertiary/aromatic N) is 4. The lowest BCUT2D eigenvalue weighted by molar-refractivity contribution is -0.119. The Morgan fingerprint density at radius 2 is 2.26 bits per heavy atom. The number of rotatable bonds is 9. The van der Waals surface area contributed by atoms with Crippen LogP contribution in [0.5, 0.6) is 5.75 Å². The normalized spacial score (nSPS) is 15.5. The number of guanidine groups is 1. The molecule has 0 aliphatic carbocycles. The number of carbonyl (C=O) groups is 1. The minimum Gasteiger partial charge on any atom is -0.484 e. The maximum absolute atomic E-state index is 10.9. The smallest absolute Gasteiger partial charge is 0.255 e. The summed E-state index contributed by atoms with van der Waals surface area (Å²) in [5.74, 6) is 2.54. The van der Waals surface area contributed by atoms with Crippen molar-refractivity contribution in [1.29, 1.82) is 0 Å². The van der Waals surface area contributed by atoms with Gasteiger partial charge in [-0.3, -0.25) is 4.79 Å². The number of amides is 1. The number of primary amides is 1. The van der Waals surface area contributed by atoms with E-state index >= 15 is 0 Å². The number of hydrogen-bond donors (Lipinski definition) is 3. The van der Waals surface area contributed by atoms with Gasteiger partial charge in [-0.2, -0.15) is 5.10 Å². The third-order valence-corrected chi connectivity index (χ3v) is 4.56. The molecule has 170 valence electrons. The molecule has 3 rings (SSSR count). The lowest BCUT2D eigenvalue weighted by atomic mass is 10.1. The molecular weight excluding hydrogens is 513 g/mol. The zero-order valence-electron chi connectivity index (χ0n) is 17.8. The summed E-state index contributed by atoms with van der Waals surface area (Å²) < 4.78 is 12.4. The van der Waals surface area contributed by atoms with Crippen LogP contribution in [0.1, 0.15) is 30.6 Å². The van der Waals surface area contributed by atoms with E-state index in [0.29, 0.717) is 24.7 Å². The molecule has 0 saturated heterocycles. The molecule has 2 aromatic rings. The minimum atomic E-state index is -0.505. The van der Waals surface area contributed by atoms with Crippen molar-refractivity contribution in [3.8, 4) is 5.75 Å². The number of carbonyl (C=O) groups excluding carboxylic acids is 1. The van der Waals surface area contributed by atoms with E-state index in [1.54, 1.807) is 13.2 Å². The molecular formula is C20H30IN7O3. The molecule has 1 unspecified atom stereocenters. The van der Waals surface area contributed by atoms with Crippen LogP contribution in [0.25, 0.3) is 0 Å². The average Bonchev–Trinajstić information content (AvgIpc) is 3.13. The number of hydrogen-bond acceptors (Lipinski definition) is 6. The van der Waals surface area contributed by atoms with Gasteiger partial charge in [-0.05, 0) is 31.0 Å². The molecule has 1 amide bonds. The second kappa shape index (κ2) is 12.4. The van der Waals surface area contributed by atoms with E-state index in [0.717, 1.165) is 43.3 Å². The highest BCUT2D eigenvalue weighted by atomic mass is 127. The first kappa shape index (κ1) is 24.9. The lowest BCUT2D eigenvalue weighted by Crippen LogP contribution is -2.47. The largest absolute Gasteiger partial charge is 0.484 e. The van der Waals surface area contributed by atoms with Gasteiger partial charge in [-0.1, -0.05) is 12.1 Å². The summed E-state index contributed by atoms with van der Waals surface area (Å²) >= 11 is 0. The third-order valence-electron chi connectivity index (χ3n) is 4.56. The summed E-state index contributed by atoms with van der Waals surface area (Å²) in [6, 6.07) is 7.68. The topological polar surface area (TPSA) is 129 Å². The molecule has 0 spiro atoms. The molecule has 0 bridgehead atoms. The Labute approximate surface area is 199 Å². The van der Waals surface area contributed by atoms with Crippen LogP contribution in [0, 0.1) is 0 Å². The molecule has 31 heavy (non-hydrogen) atoms. The van der Waals surface area contributed by atoms with E-state index in [1.165, 1.54) is 0 Å². The summed E-state index contributed by atoms with van der Waals surface area (Å²) in [5.41, 5.74) is 6.10. The minimum absolute atomic E-state index is 0. The summed E-state index contributed by atoms with van der Waals surface area (Å²) in [4.78, 5) is 20.1. The Morgan fingerprint density at radius 1 is 1.42 bits per heavy atom. The van der Waals surface area contributed by atoms with E-state index in [2.05, 4.69) is 25.7 Å². The van der Waals surface area contributed by atoms with Gasteiger partial charge in [0, 0.05) is 26.1 Å². The van der Waals surface area contributed by atoms with Crippen molar-refractivity contribution >= 4 is 35.8 Å². The molecule has 0 radical (unpaired) electrons. The standard InChI is InChI=1S/C20H29N7O3.HI/c1-3-22-20(23-10-14-5-4-6-16(9-14)30-12-17(21)28)24-15-7-8-19-25-18(13-29-2)26-27(19)11-15;/h4-6,9,15H,3,7-8,10-13H2,1-2H3,(H2,21,28)(H2,22,23,24);1H. The van der Waals surface area contributed by atoms with Gasteiger partial charge in [0.05, 0.1) is 13.1 Å². The van der Waals surface area contributed by atoms with Gasteiger partial charge in [-0.15, -0.1) is 24.0 Å². The molecule has 0 saturated carbocycles. The number of fused-ring (bicyclic) bond motifs is 1. The predicted molar refractivity (Wildman–Crippen MR) is 127 cm³/mol. The third kappa shape index (κ3) is 7.65. The molecule has 1 aliphatic rings. The predicted octanol–water partition coefficient (Wildman–Crippen LogP) is 0.977. The van der Waals surface area contributed by atoms with Gasteiger partial charge >= 0.3 is 0 Å². The summed E-state index contributed by atoms with van der Waals surface area (Å²) in [6.07, 6.45) is 1.80. The molecule has 10 nitrogen and oxygen atoms in total. The molecule has 1 aromatic heterocycles. The second-order valence-corrected chi connectivity index (χ2v) is 7.04. The Morgan fingerprint density at radius 3 is 3.00 bits per heavy atom. The fraction of sp³-hybridized carbons (Fsp3) is 0.500. The van der Waals surface area contributed by atoms with Crippen LogP contribution in [0.3, 0.4) is 0 Å². The van der Waals surface area contributed by atoms with Gasteiger partial charge in [0.25, 0.3) is 5.91 Å². The van der Waals surface area contributed by atoms with Crippen LogP contribution < -0.4 is 21.1 Å². The van der Waals surface area contributed by atoms with Gasteiger partial charge in [0.1, 0.15) is 18.2 Å². The Kier molecular flexibility index (Phi) is 9.98. The highest BCUT2D eigenvalue weighted by Crippen LogP contribution is 2.15. The zero-order valence-corrected chi connectivity index (χ0v) is 20.2. The van der Waals surface area contributed by atoms with Crippen molar-refractivity contribution in [2.45, 2.75) is 45.5 Å². The highest BCUT2D eigenvalue weighted by Gasteiger charge is 2.22. The second-order valence-electron chi connectivity index (χ2n) is 7.04. The van der Waals surface area contributed by atoms with Crippen LogP contribution in [-0.4, -0.2) is 52.9 Å². The lowest BCUT2D eigenvalue weighted by Gasteiger charge is -2.25. The fourth-order valence-electron chi connectivity index (χ4n) is 3.24. The Balaban J connectivity index is 0.00000341. The number of halogens is 1. The monoisotopic (exact) mass is 543 g/mol. The van der Waals surface area contributed by atoms with Crippen molar-refractivity contribution in [1.82, 2.24) is 25.4 Å². The van der Waals surface area contributed by atoms with Crippen LogP contribution in [0.2, 0.25) is 0 Å². The summed E-state index contributed by atoms with van der Waals surface area (Å²) in [7, 11) is 1.64. The number of ether oxygens (including phenoxy) is 2. The van der Waals surface area contributed by atoms with E-state index in [1.807, 2.05) is 29.8 Å². The molecule has 1 aromatic carbocycles. The van der Waals surface area contributed by atoms with Crippen molar-refractivity contribution in [2.75, 3.05) is 20.3 Å². The van der Waals surface area contributed by atoms with E-state index in [-0.39, 0.29) is 36.6 Å². The number of methoxy groups -OCH3 is 1. The first-order valence-electron chi connectivity index (χ1n) is 10.0. The summed E-state index contributed by atoms with van der Waals surface area (Å²) in [5, 5.41) is 11.3. The number of aryl methyl sites for hydroxylation is 1. The molecule has 1 aliphatic heterocycles. The average molecular weight is 543 g/mol. The number of nitrogens with one attached hydrogen (secondary N) is 2. The van der Waals surface area contributed by atoms with Crippen LogP contribution in [0.15, 0.2) is 29.3 Å². The molecule has 1 atom stereocenters. The Bertz CT molecular complexity index is 887. The highest BCUT2D eigenvalue weighted by molar-refractivity contribution is 14.0. The SMILES string of the molecule is CCNC(=NCc1cccc(OCC(N)=O)c1)NC1CCc2nc(COC)nn2C1.I. The molecule has 0 fully saturated rings. The van der Waals surface area contributed by atoms with Crippen molar-refractivity contribution in [3.63, 3.8) is 0 Å². The molecule has 4 N–H and O–H groups in total. The molecule has 2 heterocycles. The van der Waals surface area contributed by atoms with E-state index < -0.39 is 5.91 Å². The van der Waals surface area contributed by atoms with Crippen molar-refractivity contribution < 1.29 is 14.3 Å². The number of nitrogens with two attached hydrogens (primary N) is 1. The number of aliphatic imine (C=N–C) groups is 1. The van der Waals surface area contributed by atoms with Crippen LogP contribution >= 0.6 is 24.0 Å². The number of aromatic nitrogens is 3. The van der Waals surface area contributed by atoms with Crippen LogP contribution in [0.4, 0.5) is 0 Å². The summed E-state index contributed by atoms with van der Waals surface area (Å²) in [6.45, 7) is 4.27. The van der Waals surface area contributed by atoms with Gasteiger partial charge < -0.3 is 25.8 Å². The van der Waals surface area contributed by atoms with E-state index in [4.69, 9.17) is 15.2 Å².